The minimum absolute atomic E-state index is 0. The van der Waals surface area contributed by atoms with E-state index in [2.05, 4.69) is 0 Å². The van der Waals surface area contributed by atoms with Crippen LogP contribution in [-0.2, 0) is 4.79 Å². The molecule has 0 bridgehead atoms. The molecule has 0 aliphatic carbocycles. The van der Waals surface area contributed by atoms with Crippen molar-refractivity contribution in [2.24, 2.45) is 11.7 Å². The summed E-state index contributed by atoms with van der Waals surface area (Å²) in [4.78, 5) is 28.2. The molecule has 2 amide bonds. The molecule has 2 heterocycles. The summed E-state index contributed by atoms with van der Waals surface area (Å²) in [6, 6.07) is 7.54. The van der Waals surface area contributed by atoms with Crippen LogP contribution in [0.15, 0.2) is 24.3 Å². The summed E-state index contributed by atoms with van der Waals surface area (Å²) in [5.74, 6) is 0.615. The fraction of sp³-hybridized carbons (Fsp3) is 0.556. The number of halogens is 1. The van der Waals surface area contributed by atoms with E-state index in [-0.39, 0.29) is 30.3 Å². The Bertz CT molecular complexity index is 588. The molecule has 132 valence electrons. The molecule has 2 N–H and O–H groups in total. The summed E-state index contributed by atoms with van der Waals surface area (Å²) in [5, 5.41) is 0. The topological polar surface area (TPSA) is 66.6 Å². The number of nitrogens with two attached hydrogens (primary N) is 1. The molecule has 0 spiro atoms. The first kappa shape index (κ1) is 18.7. The predicted octanol–water partition coefficient (Wildman–Crippen LogP) is 2.43. The van der Waals surface area contributed by atoms with E-state index in [0.717, 1.165) is 44.6 Å². The van der Waals surface area contributed by atoms with E-state index < -0.39 is 0 Å². The highest BCUT2D eigenvalue weighted by atomic mass is 35.5. The maximum Gasteiger partial charge on any atom is 0.253 e. The van der Waals surface area contributed by atoms with Crippen molar-refractivity contribution in [3.8, 4) is 0 Å². The number of carbonyl (C=O) groups excluding carboxylic acids is 2. The average molecular weight is 352 g/mol. The van der Waals surface area contributed by atoms with Crippen LogP contribution >= 0.6 is 12.4 Å². The normalized spacial score (nSPS) is 22.2. The minimum Gasteiger partial charge on any atom is -0.338 e. The number of anilines is 1. The van der Waals surface area contributed by atoms with Gasteiger partial charge in [0.25, 0.3) is 5.91 Å². The lowest BCUT2D eigenvalue weighted by Gasteiger charge is -2.34. The zero-order valence-corrected chi connectivity index (χ0v) is 14.9. The molecule has 2 aliphatic heterocycles. The lowest BCUT2D eigenvalue weighted by molar-refractivity contribution is -0.117. The third kappa shape index (κ3) is 3.90. The highest BCUT2D eigenvalue weighted by Crippen LogP contribution is 2.24. The molecule has 24 heavy (non-hydrogen) atoms. The number of piperidine rings is 1. The smallest absolute Gasteiger partial charge is 0.253 e. The number of rotatable bonds is 3. The van der Waals surface area contributed by atoms with Gasteiger partial charge in [0.1, 0.15) is 0 Å². The highest BCUT2D eigenvalue weighted by Gasteiger charge is 2.27. The molecule has 6 heteroatoms. The van der Waals surface area contributed by atoms with E-state index in [1.807, 2.05) is 36.1 Å². The molecule has 0 aromatic heterocycles. The van der Waals surface area contributed by atoms with E-state index >= 15 is 0 Å². The zero-order chi connectivity index (χ0) is 16.4. The third-order valence-corrected chi connectivity index (χ3v) is 4.99. The van der Waals surface area contributed by atoms with Crippen LogP contribution in [0.25, 0.3) is 0 Å². The Labute approximate surface area is 149 Å². The van der Waals surface area contributed by atoms with E-state index in [1.54, 1.807) is 4.90 Å². The first-order valence-electron chi connectivity index (χ1n) is 8.51. The van der Waals surface area contributed by atoms with Crippen LogP contribution < -0.4 is 10.6 Å². The molecule has 0 saturated carbocycles. The van der Waals surface area contributed by atoms with Crippen molar-refractivity contribution in [1.82, 2.24) is 4.90 Å². The van der Waals surface area contributed by atoms with Gasteiger partial charge in [0.2, 0.25) is 5.91 Å². The SMILES string of the molecule is CC(N)C1CCCN(C(=O)c2ccc(N3CCCC3=O)cc2)C1.Cl. The second kappa shape index (κ2) is 7.99. The van der Waals surface area contributed by atoms with Gasteiger partial charge in [-0.15, -0.1) is 12.4 Å². The minimum atomic E-state index is 0. The van der Waals surface area contributed by atoms with E-state index in [9.17, 15) is 9.59 Å². The van der Waals surface area contributed by atoms with Crippen molar-refractivity contribution in [3.63, 3.8) is 0 Å². The number of hydrogen-bond donors (Lipinski definition) is 1. The number of likely N-dealkylation sites (tertiary alicyclic amines) is 1. The van der Waals surface area contributed by atoms with Crippen molar-refractivity contribution in [3.05, 3.63) is 29.8 Å². The Morgan fingerprint density at radius 2 is 1.92 bits per heavy atom. The predicted molar refractivity (Wildman–Crippen MR) is 97.6 cm³/mol. The van der Waals surface area contributed by atoms with Gasteiger partial charge < -0.3 is 15.5 Å². The number of nitrogens with zero attached hydrogens (tertiary/aromatic N) is 2. The van der Waals surface area contributed by atoms with E-state index in [1.165, 1.54) is 0 Å². The molecular weight excluding hydrogens is 326 g/mol. The van der Waals surface area contributed by atoms with Crippen LogP contribution in [0.5, 0.6) is 0 Å². The molecule has 2 unspecified atom stereocenters. The molecule has 5 nitrogen and oxygen atoms in total. The molecule has 0 radical (unpaired) electrons. The molecule has 1 aromatic rings. The first-order valence-corrected chi connectivity index (χ1v) is 8.51. The monoisotopic (exact) mass is 351 g/mol. The highest BCUT2D eigenvalue weighted by molar-refractivity contribution is 5.97. The standard InChI is InChI=1S/C18H25N3O2.ClH/c1-13(19)15-4-2-10-20(12-15)18(23)14-6-8-16(9-7-14)21-11-3-5-17(21)22;/h6-9,13,15H,2-5,10-12,19H2,1H3;1H. The molecule has 2 aliphatic rings. The van der Waals surface area contributed by atoms with Crippen molar-refractivity contribution in [1.29, 1.82) is 0 Å². The van der Waals surface area contributed by atoms with Gasteiger partial charge in [0.15, 0.2) is 0 Å². The largest absolute Gasteiger partial charge is 0.338 e. The Balaban J connectivity index is 0.00000208. The lowest BCUT2D eigenvalue weighted by atomic mass is 9.92. The number of hydrogen-bond acceptors (Lipinski definition) is 3. The Morgan fingerprint density at radius 3 is 2.50 bits per heavy atom. The zero-order valence-electron chi connectivity index (χ0n) is 14.1. The van der Waals surface area contributed by atoms with Crippen molar-refractivity contribution in [2.75, 3.05) is 24.5 Å². The van der Waals surface area contributed by atoms with Crippen LogP contribution in [0.2, 0.25) is 0 Å². The number of benzene rings is 1. The molecule has 3 rings (SSSR count). The quantitative estimate of drug-likeness (QED) is 0.909. The fourth-order valence-electron chi connectivity index (χ4n) is 3.51. The molecule has 1 aromatic carbocycles. The fourth-order valence-corrected chi connectivity index (χ4v) is 3.51. The Hall–Kier alpha value is -1.59. The van der Waals surface area contributed by atoms with Gasteiger partial charge in [0.05, 0.1) is 0 Å². The van der Waals surface area contributed by atoms with Gasteiger partial charge >= 0.3 is 0 Å². The summed E-state index contributed by atoms with van der Waals surface area (Å²) in [6.45, 7) is 4.33. The summed E-state index contributed by atoms with van der Waals surface area (Å²) in [5.41, 5.74) is 7.57. The summed E-state index contributed by atoms with van der Waals surface area (Å²) >= 11 is 0. The maximum absolute atomic E-state index is 12.7. The second-order valence-corrected chi connectivity index (χ2v) is 6.71. The summed E-state index contributed by atoms with van der Waals surface area (Å²) in [7, 11) is 0. The van der Waals surface area contributed by atoms with Gasteiger partial charge in [0, 0.05) is 43.3 Å². The van der Waals surface area contributed by atoms with Crippen LogP contribution in [0.1, 0.15) is 43.0 Å². The van der Waals surface area contributed by atoms with Crippen LogP contribution in [0, 0.1) is 5.92 Å². The van der Waals surface area contributed by atoms with Crippen molar-refractivity contribution >= 4 is 29.9 Å². The summed E-state index contributed by atoms with van der Waals surface area (Å²) in [6.07, 6.45) is 3.63. The van der Waals surface area contributed by atoms with Gasteiger partial charge in [-0.1, -0.05) is 0 Å². The van der Waals surface area contributed by atoms with E-state index in [4.69, 9.17) is 5.73 Å². The lowest BCUT2D eigenvalue weighted by Crippen LogP contribution is -2.45. The molecule has 2 fully saturated rings. The van der Waals surface area contributed by atoms with Gasteiger partial charge in [-0.3, -0.25) is 9.59 Å². The molecule has 2 saturated heterocycles. The Kier molecular flexibility index (Phi) is 6.24. The third-order valence-electron chi connectivity index (χ3n) is 4.99. The maximum atomic E-state index is 12.7. The Morgan fingerprint density at radius 1 is 1.21 bits per heavy atom. The molecular formula is C18H26ClN3O2. The van der Waals surface area contributed by atoms with Crippen LogP contribution in [0.4, 0.5) is 5.69 Å². The van der Waals surface area contributed by atoms with E-state index in [0.29, 0.717) is 17.9 Å². The number of carbonyl (C=O) groups is 2. The van der Waals surface area contributed by atoms with Crippen molar-refractivity contribution < 1.29 is 9.59 Å². The second-order valence-electron chi connectivity index (χ2n) is 6.71. The average Bonchev–Trinajstić information content (AvgIpc) is 3.00. The van der Waals surface area contributed by atoms with Gasteiger partial charge in [-0.05, 0) is 56.4 Å². The van der Waals surface area contributed by atoms with Crippen LogP contribution in [0.3, 0.4) is 0 Å². The van der Waals surface area contributed by atoms with Gasteiger partial charge in [-0.25, -0.2) is 0 Å². The van der Waals surface area contributed by atoms with Gasteiger partial charge in [-0.2, -0.15) is 0 Å². The van der Waals surface area contributed by atoms with Crippen LogP contribution in [-0.4, -0.2) is 42.4 Å². The first-order chi connectivity index (χ1) is 11.1. The summed E-state index contributed by atoms with van der Waals surface area (Å²) < 4.78 is 0. The van der Waals surface area contributed by atoms with Crippen molar-refractivity contribution in [2.45, 2.75) is 38.6 Å². The molecule has 2 atom stereocenters. The number of amides is 2.